The number of ketones is 1. The molecule has 0 spiro atoms. The quantitative estimate of drug-likeness (QED) is 0.659. The second-order valence-corrected chi connectivity index (χ2v) is 4.61. The van der Waals surface area contributed by atoms with Crippen molar-refractivity contribution in [2.24, 2.45) is 11.3 Å². The number of fused-ring (bicyclic) bond motifs is 2. The van der Waals surface area contributed by atoms with Crippen LogP contribution in [0.2, 0.25) is 0 Å². The Balaban J connectivity index is 2.10. The van der Waals surface area contributed by atoms with Crippen LogP contribution >= 0.6 is 0 Å². The molecule has 0 amide bonds. The van der Waals surface area contributed by atoms with Crippen molar-refractivity contribution in [3.05, 3.63) is 0 Å². The van der Waals surface area contributed by atoms with Crippen molar-refractivity contribution in [3.8, 4) is 0 Å². The van der Waals surface area contributed by atoms with E-state index in [0.717, 1.165) is 32.1 Å². The van der Waals surface area contributed by atoms with Gasteiger partial charge in [-0.1, -0.05) is 19.8 Å². The fourth-order valence-corrected chi connectivity index (χ4v) is 3.01. The van der Waals surface area contributed by atoms with E-state index in [9.17, 15) is 9.18 Å². The molecule has 0 aliphatic heterocycles. The van der Waals surface area contributed by atoms with Gasteiger partial charge in [0.25, 0.3) is 0 Å². The van der Waals surface area contributed by atoms with Gasteiger partial charge in [-0.3, -0.25) is 4.79 Å². The lowest BCUT2D eigenvalue weighted by Gasteiger charge is -2.24. The second-order valence-electron chi connectivity index (χ2n) is 4.61. The Kier molecular flexibility index (Phi) is 2.17. The van der Waals surface area contributed by atoms with Crippen LogP contribution in [0.4, 0.5) is 4.39 Å². The van der Waals surface area contributed by atoms with Gasteiger partial charge in [0.1, 0.15) is 12.0 Å². The molecule has 2 aliphatic carbocycles. The third-order valence-corrected chi connectivity index (χ3v) is 3.82. The van der Waals surface area contributed by atoms with E-state index in [1.165, 1.54) is 0 Å². The molecule has 0 heterocycles. The average Bonchev–Trinajstić information content (AvgIpc) is 2.53. The van der Waals surface area contributed by atoms with Crippen molar-refractivity contribution in [2.45, 2.75) is 51.6 Å². The van der Waals surface area contributed by atoms with Crippen molar-refractivity contribution >= 4 is 5.78 Å². The van der Waals surface area contributed by atoms with E-state index in [1.807, 2.05) is 0 Å². The van der Waals surface area contributed by atoms with Crippen molar-refractivity contribution < 1.29 is 9.18 Å². The Hall–Kier alpha value is -0.400. The molecule has 0 radical (unpaired) electrons. The first-order valence-corrected chi connectivity index (χ1v) is 5.38. The summed E-state index contributed by atoms with van der Waals surface area (Å²) in [5.74, 6) is 0.0188. The lowest BCUT2D eigenvalue weighted by atomic mass is 9.79. The number of carbonyl (C=O) groups excluding carboxylic acids is 1. The SMILES string of the molecule is CCCCC12CCC(C1=O)C(F)C2. The van der Waals surface area contributed by atoms with Crippen LogP contribution < -0.4 is 0 Å². The van der Waals surface area contributed by atoms with Crippen molar-refractivity contribution in [1.29, 1.82) is 0 Å². The van der Waals surface area contributed by atoms with Crippen molar-refractivity contribution in [3.63, 3.8) is 0 Å². The molecule has 13 heavy (non-hydrogen) atoms. The van der Waals surface area contributed by atoms with Crippen LogP contribution in [0.1, 0.15) is 45.4 Å². The Morgan fingerprint density at radius 1 is 1.62 bits per heavy atom. The topological polar surface area (TPSA) is 17.1 Å². The van der Waals surface area contributed by atoms with E-state index >= 15 is 0 Å². The molecule has 0 saturated heterocycles. The molecule has 0 aromatic carbocycles. The molecule has 2 saturated carbocycles. The highest BCUT2D eigenvalue weighted by Crippen LogP contribution is 2.54. The van der Waals surface area contributed by atoms with Gasteiger partial charge in [0.15, 0.2) is 0 Å². The Morgan fingerprint density at radius 3 is 2.85 bits per heavy atom. The zero-order chi connectivity index (χ0) is 9.47. The Bertz CT molecular complexity index is 226. The molecule has 2 fully saturated rings. The summed E-state index contributed by atoms with van der Waals surface area (Å²) < 4.78 is 13.3. The molecule has 3 atom stereocenters. The monoisotopic (exact) mass is 184 g/mol. The third kappa shape index (κ3) is 1.22. The zero-order valence-corrected chi connectivity index (χ0v) is 8.18. The highest BCUT2D eigenvalue weighted by molar-refractivity contribution is 5.92. The maximum absolute atomic E-state index is 13.3. The summed E-state index contributed by atoms with van der Waals surface area (Å²) in [5, 5.41) is 0. The number of halogens is 1. The van der Waals surface area contributed by atoms with Gasteiger partial charge in [-0.2, -0.15) is 0 Å². The molecule has 2 heteroatoms. The zero-order valence-electron chi connectivity index (χ0n) is 8.18. The van der Waals surface area contributed by atoms with Crippen molar-refractivity contribution in [2.75, 3.05) is 0 Å². The summed E-state index contributed by atoms with van der Waals surface area (Å²) >= 11 is 0. The molecule has 2 rings (SSSR count). The number of rotatable bonds is 3. The first-order chi connectivity index (χ1) is 6.19. The summed E-state index contributed by atoms with van der Waals surface area (Å²) in [5.41, 5.74) is -0.222. The van der Waals surface area contributed by atoms with E-state index in [1.54, 1.807) is 0 Å². The van der Waals surface area contributed by atoms with Crippen LogP contribution in [-0.2, 0) is 4.79 Å². The number of Topliss-reactive ketones (excluding diaryl/α,β-unsaturated/α-hetero) is 1. The molecule has 74 valence electrons. The van der Waals surface area contributed by atoms with Crippen LogP contribution in [0.3, 0.4) is 0 Å². The Labute approximate surface area is 78.7 Å². The summed E-state index contributed by atoms with van der Waals surface area (Å²) in [7, 11) is 0. The molecule has 0 aromatic rings. The number of carbonyl (C=O) groups is 1. The predicted octanol–water partition coefficient (Wildman–Crippen LogP) is 2.88. The summed E-state index contributed by atoms with van der Waals surface area (Å²) in [4.78, 5) is 11.8. The van der Waals surface area contributed by atoms with E-state index in [4.69, 9.17) is 0 Å². The van der Waals surface area contributed by atoms with Crippen LogP contribution in [0.15, 0.2) is 0 Å². The van der Waals surface area contributed by atoms with Crippen LogP contribution in [0.25, 0.3) is 0 Å². The fourth-order valence-electron chi connectivity index (χ4n) is 3.01. The van der Waals surface area contributed by atoms with E-state index < -0.39 is 6.17 Å². The lowest BCUT2D eigenvalue weighted by Crippen LogP contribution is -2.22. The molecule has 1 nitrogen and oxygen atoms in total. The summed E-state index contributed by atoms with van der Waals surface area (Å²) in [6, 6.07) is 0. The minimum atomic E-state index is -0.821. The van der Waals surface area contributed by atoms with Crippen LogP contribution in [-0.4, -0.2) is 12.0 Å². The van der Waals surface area contributed by atoms with Gasteiger partial charge in [0.2, 0.25) is 0 Å². The molecule has 0 N–H and O–H groups in total. The minimum Gasteiger partial charge on any atom is -0.299 e. The second kappa shape index (κ2) is 3.07. The smallest absolute Gasteiger partial charge is 0.145 e. The highest BCUT2D eigenvalue weighted by atomic mass is 19.1. The van der Waals surface area contributed by atoms with E-state index in [0.29, 0.717) is 6.42 Å². The molecule has 3 unspecified atom stereocenters. The molecular weight excluding hydrogens is 167 g/mol. The first-order valence-electron chi connectivity index (χ1n) is 5.38. The average molecular weight is 184 g/mol. The number of unbranched alkanes of at least 4 members (excludes halogenated alkanes) is 1. The van der Waals surface area contributed by atoms with Gasteiger partial charge >= 0.3 is 0 Å². The minimum absolute atomic E-state index is 0.222. The fraction of sp³-hybridized carbons (Fsp3) is 0.909. The summed E-state index contributed by atoms with van der Waals surface area (Å²) in [6.07, 6.45) is 4.58. The van der Waals surface area contributed by atoms with E-state index in [2.05, 4.69) is 6.92 Å². The van der Waals surface area contributed by atoms with Gasteiger partial charge in [0, 0.05) is 11.3 Å². The largest absolute Gasteiger partial charge is 0.299 e. The lowest BCUT2D eigenvalue weighted by molar-refractivity contribution is -0.126. The first kappa shape index (κ1) is 9.17. The number of alkyl halides is 1. The normalized spacial score (nSPS) is 43.1. The maximum atomic E-state index is 13.3. The van der Waals surface area contributed by atoms with Crippen LogP contribution in [0.5, 0.6) is 0 Å². The predicted molar refractivity (Wildman–Crippen MR) is 49.2 cm³/mol. The van der Waals surface area contributed by atoms with Crippen LogP contribution in [0, 0.1) is 11.3 Å². The molecule has 2 bridgehead atoms. The van der Waals surface area contributed by atoms with Gasteiger partial charge < -0.3 is 0 Å². The maximum Gasteiger partial charge on any atom is 0.145 e. The summed E-state index contributed by atoms with van der Waals surface area (Å²) in [6.45, 7) is 2.12. The molecular formula is C11H17FO. The van der Waals surface area contributed by atoms with E-state index in [-0.39, 0.29) is 17.1 Å². The van der Waals surface area contributed by atoms with Gasteiger partial charge in [-0.25, -0.2) is 4.39 Å². The van der Waals surface area contributed by atoms with Gasteiger partial charge in [0.05, 0.1) is 0 Å². The molecule has 2 aliphatic rings. The Morgan fingerprint density at radius 2 is 2.38 bits per heavy atom. The standard InChI is InChI=1S/C11H17FO/c1-2-3-5-11-6-4-8(10(11)13)9(12)7-11/h8-9H,2-7H2,1H3. The highest BCUT2D eigenvalue weighted by Gasteiger charge is 2.57. The third-order valence-electron chi connectivity index (χ3n) is 3.82. The van der Waals surface area contributed by atoms with Gasteiger partial charge in [-0.05, 0) is 25.7 Å². The molecule has 0 aromatic heterocycles. The van der Waals surface area contributed by atoms with Crippen molar-refractivity contribution in [1.82, 2.24) is 0 Å². The number of hydrogen-bond acceptors (Lipinski definition) is 1. The number of hydrogen-bond donors (Lipinski definition) is 0. The van der Waals surface area contributed by atoms with Gasteiger partial charge in [-0.15, -0.1) is 0 Å².